The number of aromatic amines is 1. The van der Waals surface area contributed by atoms with E-state index in [1.807, 2.05) is 31.6 Å². The smallest absolute Gasteiger partial charge is 0.226 e. The highest BCUT2D eigenvalue weighted by atomic mass is 16.2. The van der Waals surface area contributed by atoms with Crippen LogP contribution in [0, 0.1) is 0 Å². The summed E-state index contributed by atoms with van der Waals surface area (Å²) in [4.78, 5) is 31.2. The van der Waals surface area contributed by atoms with Gasteiger partial charge in [-0.2, -0.15) is 15.1 Å². The van der Waals surface area contributed by atoms with E-state index in [1.165, 1.54) is 0 Å². The number of fused-ring (bicyclic) bond motifs is 2. The average Bonchev–Trinajstić information content (AvgIpc) is 3.58. The normalized spacial score (nSPS) is 21.2. The van der Waals surface area contributed by atoms with Gasteiger partial charge < -0.3 is 20.5 Å². The second kappa shape index (κ2) is 8.02. The van der Waals surface area contributed by atoms with Gasteiger partial charge in [0, 0.05) is 56.3 Å². The summed E-state index contributed by atoms with van der Waals surface area (Å²) in [5.41, 5.74) is 3.32. The second-order valence-corrected chi connectivity index (χ2v) is 8.86. The van der Waals surface area contributed by atoms with Gasteiger partial charge in [-0.05, 0) is 44.2 Å². The van der Waals surface area contributed by atoms with Gasteiger partial charge in [0.1, 0.15) is 11.5 Å². The van der Waals surface area contributed by atoms with E-state index in [0.29, 0.717) is 30.4 Å². The second-order valence-electron chi connectivity index (χ2n) is 8.86. The van der Waals surface area contributed by atoms with Gasteiger partial charge in [-0.25, -0.2) is 9.50 Å². The maximum Gasteiger partial charge on any atom is 0.226 e. The number of imidazole rings is 1. The number of anilines is 2. The lowest BCUT2D eigenvalue weighted by molar-refractivity contribution is -0.130. The van der Waals surface area contributed by atoms with Crippen LogP contribution in [0.15, 0.2) is 30.7 Å². The Balaban J connectivity index is 1.23. The largest absolute Gasteiger partial charge is 0.372 e. The molecule has 4 aromatic heterocycles. The molecule has 0 spiro atoms. The monoisotopic (exact) mass is 445 g/mol. The van der Waals surface area contributed by atoms with Crippen LogP contribution in [0.2, 0.25) is 0 Å². The molecule has 1 saturated heterocycles. The molecule has 33 heavy (non-hydrogen) atoms. The molecule has 10 nitrogen and oxygen atoms in total. The molecular weight excluding hydrogens is 418 g/mol. The number of likely N-dealkylation sites (tertiary alicyclic amines) is 1. The predicted octanol–water partition coefficient (Wildman–Crippen LogP) is 3.05. The topological polar surface area (TPSA) is 116 Å². The van der Waals surface area contributed by atoms with Gasteiger partial charge in [-0.3, -0.25) is 4.79 Å². The first-order chi connectivity index (χ1) is 16.2. The van der Waals surface area contributed by atoms with Gasteiger partial charge >= 0.3 is 0 Å². The molecule has 1 aliphatic heterocycles. The first kappa shape index (κ1) is 20.0. The Morgan fingerprint density at radius 1 is 1.15 bits per heavy atom. The van der Waals surface area contributed by atoms with E-state index in [0.717, 1.165) is 72.4 Å². The molecular formula is C23H27N9O. The zero-order valence-electron chi connectivity index (χ0n) is 18.6. The lowest BCUT2D eigenvalue weighted by Crippen LogP contribution is -2.41. The van der Waals surface area contributed by atoms with Crippen molar-refractivity contribution in [1.82, 2.24) is 34.4 Å². The first-order valence-electron chi connectivity index (χ1n) is 11.6. The van der Waals surface area contributed by atoms with Crippen molar-refractivity contribution in [3.63, 3.8) is 0 Å². The van der Waals surface area contributed by atoms with Crippen LogP contribution in [-0.4, -0.2) is 66.0 Å². The Morgan fingerprint density at radius 3 is 2.82 bits per heavy atom. The van der Waals surface area contributed by atoms with Gasteiger partial charge in [0.05, 0.1) is 11.1 Å². The molecule has 1 amide bonds. The Bertz CT molecular complexity index is 1320. The molecule has 3 N–H and O–H groups in total. The number of carbonyl (C=O) groups excluding carboxylic acids is 1. The van der Waals surface area contributed by atoms with Crippen LogP contribution in [0.3, 0.4) is 0 Å². The van der Waals surface area contributed by atoms with Crippen LogP contribution in [-0.2, 0) is 4.79 Å². The third-order valence-electron chi connectivity index (χ3n) is 6.88. The molecule has 6 rings (SSSR count). The third-order valence-corrected chi connectivity index (χ3v) is 6.88. The Labute approximate surface area is 190 Å². The minimum atomic E-state index is 0.306. The Hall–Kier alpha value is -3.69. The summed E-state index contributed by atoms with van der Waals surface area (Å²) < 4.78 is 1.76. The van der Waals surface area contributed by atoms with Crippen molar-refractivity contribution in [2.45, 2.75) is 50.6 Å². The molecule has 2 fully saturated rings. The molecule has 0 unspecified atom stereocenters. The van der Waals surface area contributed by atoms with E-state index in [2.05, 4.69) is 30.6 Å². The highest BCUT2D eigenvalue weighted by Gasteiger charge is 2.31. The lowest BCUT2D eigenvalue weighted by atomic mass is 9.90. The van der Waals surface area contributed by atoms with Crippen molar-refractivity contribution >= 4 is 34.4 Å². The van der Waals surface area contributed by atoms with Crippen LogP contribution >= 0.6 is 0 Å². The molecule has 4 aromatic rings. The predicted molar refractivity (Wildman–Crippen MR) is 126 cm³/mol. The summed E-state index contributed by atoms with van der Waals surface area (Å²) in [5, 5.41) is 12.3. The number of carbonyl (C=O) groups is 1. The van der Waals surface area contributed by atoms with Crippen LogP contribution in [0.25, 0.3) is 27.9 Å². The van der Waals surface area contributed by atoms with E-state index >= 15 is 0 Å². The van der Waals surface area contributed by atoms with Crippen molar-refractivity contribution < 1.29 is 4.79 Å². The first-order valence-corrected chi connectivity index (χ1v) is 11.6. The van der Waals surface area contributed by atoms with Crippen molar-refractivity contribution in [2.24, 2.45) is 0 Å². The average molecular weight is 446 g/mol. The van der Waals surface area contributed by atoms with Crippen molar-refractivity contribution in [3.8, 4) is 11.3 Å². The zero-order chi connectivity index (χ0) is 22.4. The van der Waals surface area contributed by atoms with E-state index in [1.54, 1.807) is 10.7 Å². The molecule has 5 heterocycles. The van der Waals surface area contributed by atoms with E-state index in [4.69, 9.17) is 9.97 Å². The SMILES string of the molecule is CNc1nc(N[C@H]2CC[C@@H](N3CCCC3=O)CC2)nc2[nH]cc(-c3ccc4nccn4n3)c12. The van der Waals surface area contributed by atoms with Gasteiger partial charge in [0.15, 0.2) is 5.65 Å². The highest BCUT2D eigenvalue weighted by molar-refractivity contribution is 6.00. The number of nitrogens with one attached hydrogen (secondary N) is 3. The number of nitrogens with zero attached hydrogens (tertiary/aromatic N) is 6. The number of rotatable bonds is 5. The van der Waals surface area contributed by atoms with E-state index < -0.39 is 0 Å². The molecule has 1 aliphatic carbocycles. The highest BCUT2D eigenvalue weighted by Crippen LogP contribution is 2.33. The number of hydrogen-bond donors (Lipinski definition) is 3. The van der Waals surface area contributed by atoms with Gasteiger partial charge in [0.2, 0.25) is 11.9 Å². The molecule has 0 bridgehead atoms. The van der Waals surface area contributed by atoms with Gasteiger partial charge in [-0.1, -0.05) is 0 Å². The number of amides is 1. The Morgan fingerprint density at radius 2 is 2.03 bits per heavy atom. The molecule has 0 radical (unpaired) electrons. The van der Waals surface area contributed by atoms with Crippen LogP contribution in [0.4, 0.5) is 11.8 Å². The van der Waals surface area contributed by atoms with E-state index in [9.17, 15) is 4.79 Å². The maximum atomic E-state index is 12.1. The summed E-state index contributed by atoms with van der Waals surface area (Å²) in [6, 6.07) is 4.60. The van der Waals surface area contributed by atoms with Crippen molar-refractivity contribution in [2.75, 3.05) is 24.2 Å². The summed E-state index contributed by atoms with van der Waals surface area (Å²) >= 11 is 0. The fourth-order valence-corrected chi connectivity index (χ4v) is 5.21. The zero-order valence-corrected chi connectivity index (χ0v) is 18.6. The van der Waals surface area contributed by atoms with Crippen molar-refractivity contribution in [3.05, 3.63) is 30.7 Å². The summed E-state index contributed by atoms with van der Waals surface area (Å²) in [6.45, 7) is 0.921. The quantitative estimate of drug-likeness (QED) is 0.432. The number of H-pyrrole nitrogens is 1. The van der Waals surface area contributed by atoms with Gasteiger partial charge in [-0.15, -0.1) is 0 Å². The molecule has 1 saturated carbocycles. The summed E-state index contributed by atoms with van der Waals surface area (Å²) in [6.07, 6.45) is 11.3. The summed E-state index contributed by atoms with van der Waals surface area (Å²) in [5.74, 6) is 1.68. The molecule has 170 valence electrons. The standard InChI is InChI=1S/C23H27N9O/c1-24-21-20-16(17-8-9-18-25-10-12-32(18)30-17)13-26-22(20)29-23(28-21)27-14-4-6-15(7-5-14)31-11-2-3-19(31)33/h8-10,12-15H,2-7,11H2,1H3,(H3,24,26,27,28,29)/t14-,15+. The third kappa shape index (κ3) is 3.55. The maximum absolute atomic E-state index is 12.1. The number of aromatic nitrogens is 6. The minimum Gasteiger partial charge on any atom is -0.372 e. The fraction of sp³-hybridized carbons (Fsp3) is 0.435. The van der Waals surface area contributed by atoms with Crippen molar-refractivity contribution in [1.29, 1.82) is 0 Å². The van der Waals surface area contributed by atoms with Gasteiger partial charge in [0.25, 0.3) is 0 Å². The van der Waals surface area contributed by atoms with E-state index in [-0.39, 0.29) is 0 Å². The van der Waals surface area contributed by atoms with Crippen LogP contribution in [0.1, 0.15) is 38.5 Å². The van der Waals surface area contributed by atoms with Crippen LogP contribution in [0.5, 0.6) is 0 Å². The molecule has 0 atom stereocenters. The molecule has 10 heteroatoms. The lowest BCUT2D eigenvalue weighted by Gasteiger charge is -2.34. The fourth-order valence-electron chi connectivity index (χ4n) is 5.21. The Kier molecular flexibility index (Phi) is 4.85. The molecule has 0 aromatic carbocycles. The summed E-state index contributed by atoms with van der Waals surface area (Å²) in [7, 11) is 1.87. The van der Waals surface area contributed by atoms with Crippen LogP contribution < -0.4 is 10.6 Å². The molecule has 2 aliphatic rings. The minimum absolute atomic E-state index is 0.306. The number of hydrogen-bond acceptors (Lipinski definition) is 7.